The summed E-state index contributed by atoms with van der Waals surface area (Å²) in [6.07, 6.45) is 11.3. The van der Waals surface area contributed by atoms with Gasteiger partial charge >= 0.3 is 11.9 Å². The van der Waals surface area contributed by atoms with Crippen molar-refractivity contribution < 1.29 is 19.1 Å². The maximum atomic E-state index is 11.3. The second-order valence-electron chi connectivity index (χ2n) is 4.35. The summed E-state index contributed by atoms with van der Waals surface area (Å²) >= 11 is 0. The molecule has 0 spiro atoms. The molecule has 4 heteroatoms. The molecule has 0 N–H and O–H groups in total. The molecule has 0 rings (SSSR count). The first kappa shape index (κ1) is 17.5. The van der Waals surface area contributed by atoms with E-state index in [2.05, 4.69) is 12.8 Å². The Kier molecular flexibility index (Phi) is 11.9. The van der Waals surface area contributed by atoms with Crippen LogP contribution in [-0.2, 0) is 19.1 Å². The van der Waals surface area contributed by atoms with Crippen LogP contribution in [0.3, 0.4) is 0 Å². The first-order valence-electron chi connectivity index (χ1n) is 6.95. The third kappa shape index (κ3) is 12.7. The van der Waals surface area contributed by atoms with E-state index in [0.717, 1.165) is 12.8 Å². The quantitative estimate of drug-likeness (QED) is 0.328. The first-order chi connectivity index (χ1) is 9.20. The molecule has 0 amide bonds. The van der Waals surface area contributed by atoms with E-state index >= 15 is 0 Å². The maximum Gasteiger partial charge on any atom is 0.306 e. The highest BCUT2D eigenvalue weighted by atomic mass is 16.5. The zero-order valence-electron chi connectivity index (χ0n) is 11.8. The molecule has 0 atom stereocenters. The SMILES string of the molecule is C#CCOC(=O)CCCCC(=O)OCCCCCC. The topological polar surface area (TPSA) is 52.6 Å². The minimum atomic E-state index is -0.314. The van der Waals surface area contributed by atoms with Crippen LogP contribution in [0.5, 0.6) is 0 Å². The average molecular weight is 268 g/mol. The molecule has 108 valence electrons. The third-order valence-corrected chi connectivity index (χ3v) is 2.59. The number of terminal acetylenes is 1. The fraction of sp³-hybridized carbons (Fsp3) is 0.733. The van der Waals surface area contributed by atoms with Gasteiger partial charge in [-0.05, 0) is 19.3 Å². The Morgan fingerprint density at radius 2 is 1.58 bits per heavy atom. The molecule has 0 bridgehead atoms. The van der Waals surface area contributed by atoms with Crippen LogP contribution in [0.2, 0.25) is 0 Å². The van der Waals surface area contributed by atoms with Crippen LogP contribution < -0.4 is 0 Å². The molecule has 0 radical (unpaired) electrons. The molecular weight excluding hydrogens is 244 g/mol. The van der Waals surface area contributed by atoms with Crippen molar-refractivity contribution in [1.82, 2.24) is 0 Å². The van der Waals surface area contributed by atoms with Gasteiger partial charge in [-0.2, -0.15) is 0 Å². The van der Waals surface area contributed by atoms with Crippen molar-refractivity contribution in [1.29, 1.82) is 0 Å². The smallest absolute Gasteiger partial charge is 0.306 e. The maximum absolute atomic E-state index is 11.3. The zero-order valence-corrected chi connectivity index (χ0v) is 11.8. The summed E-state index contributed by atoms with van der Waals surface area (Å²) in [7, 11) is 0. The first-order valence-corrected chi connectivity index (χ1v) is 6.95. The Morgan fingerprint density at radius 1 is 0.947 bits per heavy atom. The summed E-state index contributed by atoms with van der Waals surface area (Å²) in [5, 5.41) is 0. The molecule has 0 aliphatic carbocycles. The van der Waals surface area contributed by atoms with Gasteiger partial charge in [-0.15, -0.1) is 6.42 Å². The molecule has 0 saturated heterocycles. The zero-order chi connectivity index (χ0) is 14.3. The molecule has 0 aromatic heterocycles. The number of hydrogen-bond acceptors (Lipinski definition) is 4. The van der Waals surface area contributed by atoms with Crippen LogP contribution in [0.25, 0.3) is 0 Å². The van der Waals surface area contributed by atoms with Gasteiger partial charge in [0.05, 0.1) is 6.61 Å². The Bertz CT molecular complexity index is 291. The van der Waals surface area contributed by atoms with Crippen LogP contribution >= 0.6 is 0 Å². The number of ether oxygens (including phenoxy) is 2. The van der Waals surface area contributed by atoms with Gasteiger partial charge in [0.15, 0.2) is 6.61 Å². The lowest BCUT2D eigenvalue weighted by Crippen LogP contribution is -2.07. The van der Waals surface area contributed by atoms with Gasteiger partial charge in [-0.1, -0.05) is 32.1 Å². The van der Waals surface area contributed by atoms with Crippen molar-refractivity contribution in [2.24, 2.45) is 0 Å². The number of carbonyl (C=O) groups excluding carboxylic acids is 2. The number of unbranched alkanes of at least 4 members (excludes halogenated alkanes) is 4. The molecule has 0 unspecified atom stereocenters. The normalized spacial score (nSPS) is 9.68. The standard InChI is InChI=1S/C15H24O4/c1-3-5-6-9-13-19-15(17)11-8-7-10-14(16)18-12-4-2/h2H,3,5-13H2,1H3. The van der Waals surface area contributed by atoms with Crippen molar-refractivity contribution in [3.63, 3.8) is 0 Å². The number of rotatable bonds is 11. The Hall–Kier alpha value is -1.50. The van der Waals surface area contributed by atoms with Crippen molar-refractivity contribution >= 4 is 11.9 Å². The van der Waals surface area contributed by atoms with E-state index in [-0.39, 0.29) is 18.5 Å². The highest BCUT2D eigenvalue weighted by molar-refractivity contribution is 5.70. The number of hydrogen-bond donors (Lipinski definition) is 0. The van der Waals surface area contributed by atoms with E-state index < -0.39 is 0 Å². The highest BCUT2D eigenvalue weighted by Crippen LogP contribution is 2.04. The highest BCUT2D eigenvalue weighted by Gasteiger charge is 2.05. The third-order valence-electron chi connectivity index (χ3n) is 2.59. The molecule has 0 aromatic carbocycles. The fourth-order valence-corrected chi connectivity index (χ4v) is 1.52. The van der Waals surface area contributed by atoms with E-state index in [1.54, 1.807) is 0 Å². The van der Waals surface area contributed by atoms with Gasteiger partial charge in [0.1, 0.15) is 0 Å². The molecule has 4 nitrogen and oxygen atoms in total. The van der Waals surface area contributed by atoms with Gasteiger partial charge in [0.2, 0.25) is 0 Å². The second-order valence-corrected chi connectivity index (χ2v) is 4.35. The minimum Gasteiger partial charge on any atom is -0.466 e. The van der Waals surface area contributed by atoms with Crippen LogP contribution in [0.4, 0.5) is 0 Å². The Labute approximate surface area is 115 Å². The molecule has 0 heterocycles. The monoisotopic (exact) mass is 268 g/mol. The fourth-order valence-electron chi connectivity index (χ4n) is 1.52. The summed E-state index contributed by atoms with van der Waals surface area (Å²) in [6, 6.07) is 0. The average Bonchev–Trinajstić information content (AvgIpc) is 2.41. The van der Waals surface area contributed by atoms with Gasteiger partial charge in [0, 0.05) is 12.8 Å². The minimum absolute atomic E-state index is 0.0125. The summed E-state index contributed by atoms with van der Waals surface area (Å²) in [6.45, 7) is 2.66. The van der Waals surface area contributed by atoms with Gasteiger partial charge in [-0.3, -0.25) is 9.59 Å². The van der Waals surface area contributed by atoms with Crippen LogP contribution in [0, 0.1) is 12.3 Å². The van der Waals surface area contributed by atoms with Crippen molar-refractivity contribution in [2.75, 3.05) is 13.2 Å². The van der Waals surface area contributed by atoms with Gasteiger partial charge in [-0.25, -0.2) is 0 Å². The molecule has 19 heavy (non-hydrogen) atoms. The Morgan fingerprint density at radius 3 is 2.16 bits per heavy atom. The lowest BCUT2D eigenvalue weighted by Gasteiger charge is -2.04. The van der Waals surface area contributed by atoms with E-state index in [1.807, 2.05) is 0 Å². The lowest BCUT2D eigenvalue weighted by atomic mass is 10.2. The van der Waals surface area contributed by atoms with Crippen molar-refractivity contribution in [3.8, 4) is 12.3 Å². The molecule has 0 aromatic rings. The lowest BCUT2D eigenvalue weighted by molar-refractivity contribution is -0.145. The molecule has 0 aliphatic heterocycles. The summed E-state index contributed by atoms with van der Waals surface area (Å²) < 4.78 is 9.79. The summed E-state index contributed by atoms with van der Waals surface area (Å²) in [4.78, 5) is 22.4. The van der Waals surface area contributed by atoms with Crippen LogP contribution in [0.15, 0.2) is 0 Å². The van der Waals surface area contributed by atoms with Crippen molar-refractivity contribution in [2.45, 2.75) is 58.3 Å². The molecule has 0 fully saturated rings. The van der Waals surface area contributed by atoms with E-state index in [0.29, 0.717) is 32.3 Å². The molecular formula is C15H24O4. The predicted octanol–water partition coefficient (Wildman–Crippen LogP) is 2.85. The Balaban J connectivity index is 3.34. The van der Waals surface area contributed by atoms with E-state index in [1.165, 1.54) is 12.8 Å². The largest absolute Gasteiger partial charge is 0.466 e. The second kappa shape index (κ2) is 12.9. The van der Waals surface area contributed by atoms with Gasteiger partial charge in [0.25, 0.3) is 0 Å². The van der Waals surface area contributed by atoms with Crippen LogP contribution in [0.1, 0.15) is 58.3 Å². The van der Waals surface area contributed by atoms with Crippen LogP contribution in [-0.4, -0.2) is 25.2 Å². The summed E-state index contributed by atoms with van der Waals surface area (Å²) in [5.41, 5.74) is 0. The number of carbonyl (C=O) groups is 2. The molecule has 0 saturated carbocycles. The van der Waals surface area contributed by atoms with E-state index in [9.17, 15) is 9.59 Å². The van der Waals surface area contributed by atoms with Crippen molar-refractivity contribution in [3.05, 3.63) is 0 Å². The van der Waals surface area contributed by atoms with Gasteiger partial charge < -0.3 is 9.47 Å². The van der Waals surface area contributed by atoms with E-state index in [4.69, 9.17) is 15.9 Å². The number of esters is 2. The molecule has 0 aliphatic rings. The summed E-state index contributed by atoms with van der Waals surface area (Å²) in [5.74, 6) is 1.73. The predicted molar refractivity (Wildman–Crippen MR) is 73.4 cm³/mol.